The number of rotatable bonds is 38. The van der Waals surface area contributed by atoms with Crippen molar-refractivity contribution in [2.24, 2.45) is 0 Å². The molecule has 0 radical (unpaired) electrons. The molecule has 16 heteroatoms. The third kappa shape index (κ3) is 23.1. The normalized spacial score (nSPS) is 13.4. The van der Waals surface area contributed by atoms with Crippen molar-refractivity contribution in [3.8, 4) is 5.75 Å². The zero-order chi connectivity index (χ0) is 38.9. The van der Waals surface area contributed by atoms with Gasteiger partial charge in [-0.2, -0.15) is 0 Å². The van der Waals surface area contributed by atoms with Crippen molar-refractivity contribution in [3.05, 3.63) is 41.5 Å². The number of carbonyl (C=O) groups is 3. The Morgan fingerprint density at radius 3 is 1.19 bits per heavy atom. The van der Waals surface area contributed by atoms with Crippen molar-refractivity contribution in [1.29, 1.82) is 0 Å². The van der Waals surface area contributed by atoms with E-state index in [0.717, 1.165) is 16.0 Å². The number of hydrogen-bond donors (Lipinski definition) is 0. The van der Waals surface area contributed by atoms with Crippen LogP contribution in [0.15, 0.2) is 30.4 Å². The van der Waals surface area contributed by atoms with Gasteiger partial charge in [0.15, 0.2) is 5.78 Å². The van der Waals surface area contributed by atoms with Gasteiger partial charge in [0.05, 0.1) is 139 Å². The van der Waals surface area contributed by atoms with E-state index >= 15 is 0 Å². The molecule has 0 saturated carbocycles. The molecule has 1 aliphatic heterocycles. The Morgan fingerprint density at radius 2 is 0.870 bits per heavy atom. The van der Waals surface area contributed by atoms with Crippen molar-refractivity contribution in [1.82, 2.24) is 4.90 Å². The first-order valence-electron chi connectivity index (χ1n) is 18.5. The van der Waals surface area contributed by atoms with E-state index in [1.54, 1.807) is 7.11 Å². The molecule has 1 unspecified atom stereocenters. The van der Waals surface area contributed by atoms with E-state index in [2.05, 4.69) is 0 Å². The summed E-state index contributed by atoms with van der Waals surface area (Å²) in [6.45, 7) is 14.0. The molecule has 1 aliphatic rings. The smallest absolute Gasteiger partial charge is 0.254 e. The molecule has 1 atom stereocenters. The van der Waals surface area contributed by atoms with Crippen LogP contribution in [0.5, 0.6) is 5.75 Å². The number of benzene rings is 1. The standard InChI is InChI=1S/C38H61NO15/c1-32-30-34(31-35(33(2)40)39-37(41)6-7-38(39)42)4-5-36(32)54-29-28-53-27-26-52-25-24-51-23-22-50-21-20-49-19-18-48-17-16-47-15-14-46-13-12-45-11-10-44-9-8-43-3/h4-7,30,35H,8-29,31H2,1-3H3. The summed E-state index contributed by atoms with van der Waals surface area (Å²) in [7, 11) is 1.64. The third-order valence-electron chi connectivity index (χ3n) is 7.56. The first-order chi connectivity index (χ1) is 26.4. The number of ketones is 1. The van der Waals surface area contributed by atoms with E-state index in [9.17, 15) is 14.4 Å². The van der Waals surface area contributed by atoms with Gasteiger partial charge in [-0.3, -0.25) is 19.3 Å². The van der Waals surface area contributed by atoms with Crippen LogP contribution in [0.3, 0.4) is 0 Å². The fourth-order valence-electron chi connectivity index (χ4n) is 4.79. The Bertz CT molecular complexity index is 1150. The topological polar surface area (TPSA) is 165 Å². The molecule has 0 N–H and O–H groups in total. The van der Waals surface area contributed by atoms with Crippen LogP contribution in [0.25, 0.3) is 0 Å². The van der Waals surface area contributed by atoms with Crippen LogP contribution >= 0.6 is 0 Å². The maximum absolute atomic E-state index is 12.2. The van der Waals surface area contributed by atoms with Gasteiger partial charge in [-0.25, -0.2) is 0 Å². The SMILES string of the molecule is COCCOCCOCCOCCOCCOCCOCCOCCOCCOCCOCCOc1ccc(CC(C(C)=O)N2C(=O)C=CC2=O)cc1C. The predicted molar refractivity (Wildman–Crippen MR) is 196 cm³/mol. The summed E-state index contributed by atoms with van der Waals surface area (Å²) < 4.78 is 65.4. The summed E-state index contributed by atoms with van der Waals surface area (Å²) in [5.74, 6) is -0.496. The minimum atomic E-state index is -0.840. The van der Waals surface area contributed by atoms with Crippen LogP contribution < -0.4 is 4.74 Å². The molecule has 0 fully saturated rings. The Kier molecular flexibility index (Phi) is 28.4. The highest BCUT2D eigenvalue weighted by Crippen LogP contribution is 2.22. The lowest BCUT2D eigenvalue weighted by Gasteiger charge is -2.24. The molecule has 1 aromatic rings. The van der Waals surface area contributed by atoms with Gasteiger partial charge in [0, 0.05) is 25.7 Å². The Morgan fingerprint density at radius 1 is 0.537 bits per heavy atom. The molecule has 54 heavy (non-hydrogen) atoms. The van der Waals surface area contributed by atoms with Crippen LogP contribution in [0.1, 0.15) is 18.1 Å². The average molecular weight is 772 g/mol. The summed E-state index contributed by atoms with van der Waals surface area (Å²) in [4.78, 5) is 37.3. The van der Waals surface area contributed by atoms with Crippen LogP contribution in [0.4, 0.5) is 0 Å². The molecule has 0 spiro atoms. The van der Waals surface area contributed by atoms with Gasteiger partial charge in [0.25, 0.3) is 11.8 Å². The van der Waals surface area contributed by atoms with Gasteiger partial charge < -0.3 is 56.8 Å². The number of carbonyl (C=O) groups excluding carboxylic acids is 3. The molecule has 1 aromatic carbocycles. The Hall–Kier alpha value is -2.87. The number of nitrogens with zero attached hydrogens (tertiary/aromatic N) is 1. The number of Topliss-reactive ketones (excluding diaryl/α,β-unsaturated/α-hetero) is 1. The highest BCUT2D eigenvalue weighted by molar-refractivity contribution is 6.15. The summed E-state index contributed by atoms with van der Waals surface area (Å²) in [6.07, 6.45) is 2.61. The summed E-state index contributed by atoms with van der Waals surface area (Å²) in [5, 5.41) is 0. The molecule has 1 heterocycles. The van der Waals surface area contributed by atoms with Gasteiger partial charge >= 0.3 is 0 Å². The zero-order valence-electron chi connectivity index (χ0n) is 32.3. The number of ether oxygens (including phenoxy) is 12. The fourth-order valence-corrected chi connectivity index (χ4v) is 4.79. The highest BCUT2D eigenvalue weighted by Gasteiger charge is 2.34. The molecule has 0 saturated heterocycles. The predicted octanol–water partition coefficient (Wildman–Crippen LogP) is 1.61. The van der Waals surface area contributed by atoms with Crippen molar-refractivity contribution >= 4 is 17.6 Å². The largest absolute Gasteiger partial charge is 0.491 e. The summed E-state index contributed by atoms with van der Waals surface area (Å²) in [6, 6.07) is 4.70. The van der Waals surface area contributed by atoms with E-state index < -0.39 is 17.9 Å². The number of aryl methyl sites for hydroxylation is 1. The Labute approximate surface area is 319 Å². The highest BCUT2D eigenvalue weighted by atomic mass is 16.6. The third-order valence-corrected chi connectivity index (χ3v) is 7.56. The van der Waals surface area contributed by atoms with E-state index in [1.165, 1.54) is 19.1 Å². The second kappa shape index (κ2) is 32.4. The van der Waals surface area contributed by atoms with Gasteiger partial charge in [-0.05, 0) is 31.0 Å². The summed E-state index contributed by atoms with van der Waals surface area (Å²) in [5.41, 5.74) is 1.70. The number of amides is 2. The molecule has 16 nitrogen and oxygen atoms in total. The number of imide groups is 1. The minimum Gasteiger partial charge on any atom is -0.491 e. The molecule has 308 valence electrons. The number of hydrogen-bond acceptors (Lipinski definition) is 15. The lowest BCUT2D eigenvalue weighted by molar-refractivity contribution is -0.144. The molecular weight excluding hydrogens is 710 g/mol. The number of methoxy groups -OCH3 is 1. The maximum atomic E-state index is 12.2. The second-order valence-corrected chi connectivity index (χ2v) is 11.8. The maximum Gasteiger partial charge on any atom is 0.254 e. The molecule has 2 amide bonds. The molecular formula is C38H61NO15. The van der Waals surface area contributed by atoms with Crippen LogP contribution in [0, 0.1) is 6.92 Å². The fraction of sp³-hybridized carbons (Fsp3) is 0.711. The van der Waals surface area contributed by atoms with E-state index in [-0.39, 0.29) is 12.2 Å². The zero-order valence-corrected chi connectivity index (χ0v) is 32.3. The summed E-state index contributed by atoms with van der Waals surface area (Å²) >= 11 is 0. The quantitative estimate of drug-likeness (QED) is 0.0703. The Balaban J connectivity index is 1.28. The van der Waals surface area contributed by atoms with Crippen LogP contribution in [-0.2, 0) is 72.9 Å². The average Bonchev–Trinajstić information content (AvgIpc) is 3.49. The van der Waals surface area contributed by atoms with Crippen molar-refractivity contribution in [3.63, 3.8) is 0 Å². The molecule has 0 aromatic heterocycles. The van der Waals surface area contributed by atoms with E-state index in [4.69, 9.17) is 56.8 Å². The van der Waals surface area contributed by atoms with Gasteiger partial charge in [-0.1, -0.05) is 12.1 Å². The lowest BCUT2D eigenvalue weighted by Crippen LogP contribution is -2.45. The van der Waals surface area contributed by atoms with Gasteiger partial charge in [0.2, 0.25) is 0 Å². The molecule has 2 rings (SSSR count). The minimum absolute atomic E-state index is 0.243. The van der Waals surface area contributed by atoms with Crippen molar-refractivity contribution in [2.75, 3.05) is 152 Å². The molecule has 0 aliphatic carbocycles. The second-order valence-electron chi connectivity index (χ2n) is 11.8. The van der Waals surface area contributed by atoms with Crippen LogP contribution in [-0.4, -0.2) is 181 Å². The van der Waals surface area contributed by atoms with Crippen LogP contribution in [0.2, 0.25) is 0 Å². The first-order valence-corrected chi connectivity index (χ1v) is 18.5. The van der Waals surface area contributed by atoms with Crippen molar-refractivity contribution in [2.45, 2.75) is 26.3 Å². The van der Waals surface area contributed by atoms with Gasteiger partial charge in [0.1, 0.15) is 18.4 Å². The monoisotopic (exact) mass is 771 g/mol. The van der Waals surface area contributed by atoms with E-state index in [0.29, 0.717) is 151 Å². The molecule has 0 bridgehead atoms. The van der Waals surface area contributed by atoms with Gasteiger partial charge in [-0.15, -0.1) is 0 Å². The van der Waals surface area contributed by atoms with E-state index in [1.807, 2.05) is 25.1 Å². The van der Waals surface area contributed by atoms with Crippen molar-refractivity contribution < 1.29 is 71.2 Å². The lowest BCUT2D eigenvalue weighted by atomic mass is 10.00. The first kappa shape index (κ1) is 47.3.